The molecule has 1 fully saturated rings. The third kappa shape index (κ3) is 6.28. The summed E-state index contributed by atoms with van der Waals surface area (Å²) in [6, 6.07) is 19.1. The van der Waals surface area contributed by atoms with Crippen LogP contribution in [0.4, 0.5) is 11.4 Å². The number of carbonyl (C=O) groups is 1. The summed E-state index contributed by atoms with van der Waals surface area (Å²) in [5.41, 5.74) is 4.10. The van der Waals surface area contributed by atoms with Gasteiger partial charge >= 0.3 is 0 Å². The number of hydrogen-bond donors (Lipinski definition) is 2. The molecular weight excluding hydrogens is 515 g/mol. The van der Waals surface area contributed by atoms with Crippen molar-refractivity contribution in [3.8, 4) is 5.75 Å². The van der Waals surface area contributed by atoms with Gasteiger partial charge in [-0.25, -0.2) is 0 Å². The molecule has 0 aromatic heterocycles. The number of para-hydroxylation sites is 1. The number of aryl methyl sites for hydroxylation is 1. The Labute approximate surface area is 227 Å². The number of piperazine rings is 1. The van der Waals surface area contributed by atoms with Crippen molar-refractivity contribution < 1.29 is 9.53 Å². The molecule has 1 amide bonds. The van der Waals surface area contributed by atoms with Crippen molar-refractivity contribution in [1.82, 2.24) is 10.2 Å². The van der Waals surface area contributed by atoms with Crippen molar-refractivity contribution in [3.05, 3.63) is 87.4 Å². The molecule has 4 rings (SSSR count). The van der Waals surface area contributed by atoms with E-state index in [2.05, 4.69) is 26.5 Å². The first-order valence-electron chi connectivity index (χ1n) is 11.6. The number of nitrogens with one attached hydrogen (secondary N) is 2. The summed E-state index contributed by atoms with van der Waals surface area (Å²) in [5, 5.41) is 7.35. The number of benzene rings is 3. The third-order valence-corrected chi connectivity index (χ3v) is 7.03. The molecule has 0 radical (unpaired) electrons. The van der Waals surface area contributed by atoms with E-state index in [1.165, 1.54) is 7.11 Å². The number of nitrogens with zero attached hydrogens (tertiary/aromatic N) is 2. The number of carbonyl (C=O) groups excluding carboxylic acids is 1. The Kier molecular flexibility index (Phi) is 8.69. The lowest BCUT2D eigenvalue weighted by molar-refractivity contribution is 0.0974. The maximum absolute atomic E-state index is 12.7. The number of methoxy groups -OCH3 is 1. The second kappa shape index (κ2) is 11.9. The molecule has 9 heteroatoms. The van der Waals surface area contributed by atoms with Crippen LogP contribution in [-0.4, -0.2) is 49.2 Å². The second-order valence-corrected chi connectivity index (χ2v) is 9.81. The van der Waals surface area contributed by atoms with Crippen LogP contribution in [-0.2, 0) is 6.54 Å². The molecule has 0 bridgehead atoms. The van der Waals surface area contributed by atoms with Gasteiger partial charge in [-0.2, -0.15) is 0 Å². The number of amides is 1. The summed E-state index contributed by atoms with van der Waals surface area (Å²) in [4.78, 5) is 17.4. The van der Waals surface area contributed by atoms with Crippen LogP contribution in [0.1, 0.15) is 21.5 Å². The van der Waals surface area contributed by atoms with Crippen molar-refractivity contribution in [2.24, 2.45) is 0 Å². The number of anilines is 2. The number of thiocarbonyl (C=S) groups is 1. The van der Waals surface area contributed by atoms with Gasteiger partial charge in [0.2, 0.25) is 0 Å². The summed E-state index contributed by atoms with van der Waals surface area (Å²) < 4.78 is 5.37. The molecule has 0 atom stereocenters. The maximum Gasteiger partial charge on any atom is 0.261 e. The Morgan fingerprint density at radius 1 is 1.00 bits per heavy atom. The largest absolute Gasteiger partial charge is 0.496 e. The molecule has 36 heavy (non-hydrogen) atoms. The Morgan fingerprint density at radius 2 is 1.75 bits per heavy atom. The van der Waals surface area contributed by atoms with E-state index in [1.807, 2.05) is 49.4 Å². The Hall–Kier alpha value is -2.84. The average molecular weight is 544 g/mol. The van der Waals surface area contributed by atoms with Crippen LogP contribution in [0.5, 0.6) is 5.75 Å². The van der Waals surface area contributed by atoms with E-state index in [4.69, 9.17) is 40.2 Å². The van der Waals surface area contributed by atoms with Gasteiger partial charge in [0.1, 0.15) is 5.75 Å². The zero-order chi connectivity index (χ0) is 25.7. The predicted molar refractivity (Wildman–Crippen MR) is 152 cm³/mol. The lowest BCUT2D eigenvalue weighted by Gasteiger charge is -2.36. The minimum absolute atomic E-state index is 0.181. The van der Waals surface area contributed by atoms with Crippen LogP contribution in [0.3, 0.4) is 0 Å². The average Bonchev–Trinajstić information content (AvgIpc) is 2.86. The second-order valence-electron chi connectivity index (χ2n) is 8.58. The van der Waals surface area contributed by atoms with Crippen molar-refractivity contribution >= 4 is 57.8 Å². The highest BCUT2D eigenvalue weighted by Gasteiger charge is 2.20. The Bertz CT molecular complexity index is 1260. The molecule has 6 nitrogen and oxygen atoms in total. The van der Waals surface area contributed by atoms with Gasteiger partial charge in [-0.3, -0.25) is 15.0 Å². The number of rotatable bonds is 6. The molecule has 3 aromatic rings. The lowest BCUT2D eigenvalue weighted by Crippen LogP contribution is -2.46. The summed E-state index contributed by atoms with van der Waals surface area (Å²) in [6.07, 6.45) is 0. The third-order valence-electron chi connectivity index (χ3n) is 6.16. The first kappa shape index (κ1) is 26.2. The molecule has 1 heterocycles. The highest BCUT2D eigenvalue weighted by molar-refractivity contribution is 7.80. The summed E-state index contributed by atoms with van der Waals surface area (Å²) in [5.74, 6) is 0.183. The maximum atomic E-state index is 12.7. The standard InChI is InChI=1S/C27H28Cl2N4O2S/c1-18-6-5-8-21(25(18)35-2)26(34)31-27(36)30-20-10-11-24(23(29)16-20)33-14-12-32(13-15-33)17-19-7-3-4-9-22(19)28/h3-11,16H,12-15,17H2,1-2H3,(H2,30,31,34,36). The van der Waals surface area contributed by atoms with Gasteiger partial charge in [-0.1, -0.05) is 53.5 Å². The van der Waals surface area contributed by atoms with E-state index in [9.17, 15) is 4.79 Å². The molecule has 0 spiro atoms. The predicted octanol–water partition coefficient (Wildman–Crippen LogP) is 5.76. The minimum atomic E-state index is -0.342. The Morgan fingerprint density at radius 3 is 2.44 bits per heavy atom. The van der Waals surface area contributed by atoms with E-state index in [-0.39, 0.29) is 11.0 Å². The highest BCUT2D eigenvalue weighted by Crippen LogP contribution is 2.30. The normalized spacial score (nSPS) is 13.8. The molecule has 0 saturated carbocycles. The van der Waals surface area contributed by atoms with Gasteiger partial charge in [0.05, 0.1) is 23.4 Å². The molecule has 1 saturated heterocycles. The van der Waals surface area contributed by atoms with Crippen LogP contribution in [0.25, 0.3) is 0 Å². The molecule has 3 aromatic carbocycles. The van der Waals surface area contributed by atoms with Crippen LogP contribution in [0.15, 0.2) is 60.7 Å². The van der Waals surface area contributed by atoms with Crippen LogP contribution in [0.2, 0.25) is 10.0 Å². The lowest BCUT2D eigenvalue weighted by atomic mass is 10.1. The molecular formula is C27H28Cl2N4O2S. The molecule has 1 aliphatic rings. The minimum Gasteiger partial charge on any atom is -0.496 e. The van der Waals surface area contributed by atoms with E-state index < -0.39 is 0 Å². The van der Waals surface area contributed by atoms with Crippen molar-refractivity contribution in [3.63, 3.8) is 0 Å². The molecule has 188 valence electrons. The highest BCUT2D eigenvalue weighted by atomic mass is 35.5. The smallest absolute Gasteiger partial charge is 0.261 e. The van der Waals surface area contributed by atoms with Crippen LogP contribution >= 0.6 is 35.4 Å². The molecule has 2 N–H and O–H groups in total. The van der Waals surface area contributed by atoms with Crippen molar-refractivity contribution in [2.75, 3.05) is 43.5 Å². The zero-order valence-electron chi connectivity index (χ0n) is 20.2. The van der Waals surface area contributed by atoms with E-state index in [1.54, 1.807) is 12.1 Å². The fourth-order valence-electron chi connectivity index (χ4n) is 4.29. The van der Waals surface area contributed by atoms with E-state index >= 15 is 0 Å². The van der Waals surface area contributed by atoms with Crippen LogP contribution in [0, 0.1) is 6.92 Å². The fraction of sp³-hybridized carbons (Fsp3) is 0.259. The van der Waals surface area contributed by atoms with Gasteiger partial charge in [0.15, 0.2) is 5.11 Å². The van der Waals surface area contributed by atoms with Gasteiger partial charge in [-0.15, -0.1) is 0 Å². The van der Waals surface area contributed by atoms with Gasteiger partial charge in [-0.05, 0) is 60.6 Å². The van der Waals surface area contributed by atoms with Crippen molar-refractivity contribution in [2.45, 2.75) is 13.5 Å². The number of ether oxygens (including phenoxy) is 1. The van der Waals surface area contributed by atoms with E-state index in [0.717, 1.165) is 54.6 Å². The first-order chi connectivity index (χ1) is 17.4. The topological polar surface area (TPSA) is 56.8 Å². The summed E-state index contributed by atoms with van der Waals surface area (Å²) in [6.45, 7) is 6.28. The molecule has 0 unspecified atom stereocenters. The summed E-state index contributed by atoms with van der Waals surface area (Å²) >= 11 is 18.3. The number of halogens is 2. The van der Waals surface area contributed by atoms with Crippen LogP contribution < -0.4 is 20.3 Å². The molecule has 1 aliphatic heterocycles. The SMILES string of the molecule is COc1c(C)cccc1C(=O)NC(=S)Nc1ccc(N2CCN(Cc3ccccc3Cl)CC2)c(Cl)c1. The van der Waals surface area contributed by atoms with E-state index in [0.29, 0.717) is 22.0 Å². The van der Waals surface area contributed by atoms with Gasteiger partial charge in [0.25, 0.3) is 5.91 Å². The zero-order valence-corrected chi connectivity index (χ0v) is 22.5. The summed E-state index contributed by atoms with van der Waals surface area (Å²) in [7, 11) is 1.54. The fourth-order valence-corrected chi connectivity index (χ4v) is 5.00. The first-order valence-corrected chi connectivity index (χ1v) is 12.8. The van der Waals surface area contributed by atoms with Crippen molar-refractivity contribution in [1.29, 1.82) is 0 Å². The number of hydrogen-bond acceptors (Lipinski definition) is 5. The van der Waals surface area contributed by atoms with Gasteiger partial charge < -0.3 is 15.0 Å². The Balaban J connectivity index is 1.33. The van der Waals surface area contributed by atoms with Gasteiger partial charge in [0, 0.05) is 43.4 Å². The molecule has 0 aliphatic carbocycles. The monoisotopic (exact) mass is 542 g/mol. The quantitative estimate of drug-likeness (QED) is 0.386.